The van der Waals surface area contributed by atoms with Crippen LogP contribution >= 0.6 is 0 Å². The Kier molecular flexibility index (Phi) is 4.76. The van der Waals surface area contributed by atoms with Gasteiger partial charge in [0.05, 0.1) is 17.3 Å². The molecule has 0 aromatic carbocycles. The van der Waals surface area contributed by atoms with Crippen molar-refractivity contribution in [2.45, 2.75) is 13.0 Å². The molecule has 1 atom stereocenters. The zero-order valence-corrected chi connectivity index (χ0v) is 17.2. The van der Waals surface area contributed by atoms with Gasteiger partial charge in [-0.2, -0.15) is 0 Å². The third-order valence-corrected chi connectivity index (χ3v) is 5.34. The summed E-state index contributed by atoms with van der Waals surface area (Å²) in [5.74, 6) is 1.16. The molecule has 0 unspecified atom stereocenters. The van der Waals surface area contributed by atoms with Crippen molar-refractivity contribution in [1.82, 2.24) is 24.5 Å². The SMILES string of the molecule is C[C@H](N)COc1ccc2ncc(-c3cc4c(N5CCN(C)CC5)ccnc4o3)n2n1. The second-order valence-corrected chi connectivity index (χ2v) is 7.82. The van der Waals surface area contributed by atoms with Gasteiger partial charge in [-0.05, 0) is 32.2 Å². The number of fused-ring (bicyclic) bond motifs is 2. The molecule has 30 heavy (non-hydrogen) atoms. The second-order valence-electron chi connectivity index (χ2n) is 7.82. The monoisotopic (exact) mass is 407 g/mol. The fraction of sp³-hybridized carbons (Fsp3) is 0.381. The van der Waals surface area contributed by atoms with Crippen molar-refractivity contribution in [2.24, 2.45) is 5.73 Å². The summed E-state index contributed by atoms with van der Waals surface area (Å²) in [6.45, 7) is 6.32. The lowest BCUT2D eigenvalue weighted by atomic mass is 10.2. The molecule has 156 valence electrons. The van der Waals surface area contributed by atoms with Crippen molar-refractivity contribution in [3.8, 4) is 17.3 Å². The molecule has 1 fully saturated rings. The maximum Gasteiger partial charge on any atom is 0.231 e. The number of likely N-dealkylation sites (N-methyl/N-ethyl adjacent to an activating group) is 1. The Morgan fingerprint density at radius 3 is 2.80 bits per heavy atom. The molecule has 0 amide bonds. The number of anilines is 1. The van der Waals surface area contributed by atoms with Gasteiger partial charge < -0.3 is 24.7 Å². The average molecular weight is 407 g/mol. The summed E-state index contributed by atoms with van der Waals surface area (Å²) in [6, 6.07) is 7.67. The first-order chi connectivity index (χ1) is 14.6. The van der Waals surface area contributed by atoms with Crippen LogP contribution in [0.1, 0.15) is 6.92 Å². The highest BCUT2D eigenvalue weighted by Gasteiger charge is 2.20. The van der Waals surface area contributed by atoms with Gasteiger partial charge in [-0.15, -0.1) is 5.10 Å². The first-order valence-electron chi connectivity index (χ1n) is 10.1. The molecule has 4 aromatic heterocycles. The molecule has 1 aliphatic heterocycles. The largest absolute Gasteiger partial charge is 0.475 e. The summed E-state index contributed by atoms with van der Waals surface area (Å²) < 4.78 is 13.5. The van der Waals surface area contributed by atoms with E-state index >= 15 is 0 Å². The maximum absolute atomic E-state index is 6.10. The van der Waals surface area contributed by atoms with Crippen molar-refractivity contribution >= 4 is 22.4 Å². The lowest BCUT2D eigenvalue weighted by Crippen LogP contribution is -2.44. The molecule has 1 aliphatic rings. The lowest BCUT2D eigenvalue weighted by molar-refractivity contribution is 0.281. The van der Waals surface area contributed by atoms with Crippen molar-refractivity contribution in [1.29, 1.82) is 0 Å². The fourth-order valence-electron chi connectivity index (χ4n) is 3.69. The van der Waals surface area contributed by atoms with Crippen LogP contribution in [-0.4, -0.2) is 70.4 Å². The van der Waals surface area contributed by atoms with Crippen LogP contribution in [-0.2, 0) is 0 Å². The second kappa shape index (κ2) is 7.58. The summed E-state index contributed by atoms with van der Waals surface area (Å²) in [5, 5.41) is 5.55. The highest BCUT2D eigenvalue weighted by atomic mass is 16.5. The Balaban J connectivity index is 1.52. The van der Waals surface area contributed by atoms with Crippen LogP contribution in [0, 0.1) is 0 Å². The molecule has 1 saturated heterocycles. The number of hydrogen-bond donors (Lipinski definition) is 1. The Morgan fingerprint density at radius 1 is 1.17 bits per heavy atom. The Bertz CT molecular complexity index is 1170. The smallest absolute Gasteiger partial charge is 0.231 e. The van der Waals surface area contributed by atoms with E-state index in [2.05, 4.69) is 38.0 Å². The lowest BCUT2D eigenvalue weighted by Gasteiger charge is -2.34. The maximum atomic E-state index is 6.10. The zero-order valence-electron chi connectivity index (χ0n) is 17.2. The number of nitrogens with two attached hydrogens (primary N) is 1. The van der Waals surface area contributed by atoms with Gasteiger partial charge in [-0.1, -0.05) is 0 Å². The van der Waals surface area contributed by atoms with Crippen LogP contribution in [0.2, 0.25) is 0 Å². The van der Waals surface area contributed by atoms with Crippen LogP contribution in [0.3, 0.4) is 0 Å². The highest BCUT2D eigenvalue weighted by Crippen LogP contribution is 2.33. The number of nitrogens with zero attached hydrogens (tertiary/aromatic N) is 6. The molecular weight excluding hydrogens is 382 g/mol. The van der Waals surface area contributed by atoms with Crippen LogP contribution in [0.5, 0.6) is 5.88 Å². The van der Waals surface area contributed by atoms with E-state index in [0.717, 1.165) is 42.9 Å². The quantitative estimate of drug-likeness (QED) is 0.537. The zero-order chi connectivity index (χ0) is 20.7. The molecule has 2 N–H and O–H groups in total. The number of imidazole rings is 1. The van der Waals surface area contributed by atoms with E-state index in [-0.39, 0.29) is 6.04 Å². The molecule has 0 saturated carbocycles. The van der Waals surface area contributed by atoms with E-state index in [1.807, 2.05) is 19.1 Å². The van der Waals surface area contributed by atoms with Gasteiger partial charge >= 0.3 is 0 Å². The molecule has 0 bridgehead atoms. The van der Waals surface area contributed by atoms with E-state index in [1.165, 1.54) is 0 Å². The molecule has 0 aliphatic carbocycles. The van der Waals surface area contributed by atoms with Crippen molar-refractivity contribution in [3.05, 3.63) is 36.7 Å². The number of aromatic nitrogens is 4. The summed E-state index contributed by atoms with van der Waals surface area (Å²) in [6.07, 6.45) is 3.56. The normalized spacial score (nSPS) is 16.4. The Hall–Kier alpha value is -3.17. The molecule has 5 heterocycles. The number of rotatable bonds is 5. The fourth-order valence-corrected chi connectivity index (χ4v) is 3.69. The van der Waals surface area contributed by atoms with E-state index in [1.54, 1.807) is 23.0 Å². The third kappa shape index (κ3) is 3.46. The van der Waals surface area contributed by atoms with E-state index < -0.39 is 0 Å². The summed E-state index contributed by atoms with van der Waals surface area (Å²) in [5.41, 5.74) is 9.00. The molecule has 4 aromatic rings. The minimum absolute atomic E-state index is 0.0702. The van der Waals surface area contributed by atoms with Gasteiger partial charge in [0.1, 0.15) is 12.3 Å². The Labute approximate surface area is 174 Å². The minimum Gasteiger partial charge on any atom is -0.475 e. The van der Waals surface area contributed by atoms with Crippen LogP contribution in [0.15, 0.2) is 41.1 Å². The van der Waals surface area contributed by atoms with E-state index in [4.69, 9.17) is 14.9 Å². The van der Waals surface area contributed by atoms with Crippen molar-refractivity contribution < 1.29 is 9.15 Å². The van der Waals surface area contributed by atoms with Crippen LogP contribution < -0.4 is 15.4 Å². The standard InChI is InChI=1S/C21H25N7O2/c1-14(22)13-29-20-4-3-19-24-12-17(28(19)25-20)18-11-15-16(5-6-23-21(15)30-18)27-9-7-26(2)8-10-27/h3-6,11-12,14H,7-10,13,22H2,1-2H3/t14-/m0/s1. The minimum atomic E-state index is -0.0702. The molecule has 9 nitrogen and oxygen atoms in total. The number of hydrogen-bond acceptors (Lipinski definition) is 8. The molecular formula is C21H25N7O2. The first-order valence-corrected chi connectivity index (χ1v) is 10.1. The summed E-state index contributed by atoms with van der Waals surface area (Å²) in [7, 11) is 2.15. The topological polar surface area (TPSA) is 98.0 Å². The molecule has 0 spiro atoms. The number of furan rings is 1. The summed E-state index contributed by atoms with van der Waals surface area (Å²) in [4.78, 5) is 13.6. The van der Waals surface area contributed by atoms with Crippen molar-refractivity contribution in [2.75, 3.05) is 44.7 Å². The molecule has 5 rings (SSSR count). The number of ether oxygens (including phenoxy) is 1. The van der Waals surface area contributed by atoms with Crippen LogP contribution in [0.25, 0.3) is 28.2 Å². The van der Waals surface area contributed by atoms with E-state index in [0.29, 0.717) is 29.6 Å². The van der Waals surface area contributed by atoms with Gasteiger partial charge in [0.2, 0.25) is 11.6 Å². The molecule has 9 heteroatoms. The average Bonchev–Trinajstić information content (AvgIpc) is 3.36. The van der Waals surface area contributed by atoms with Crippen molar-refractivity contribution in [3.63, 3.8) is 0 Å². The van der Waals surface area contributed by atoms with Gasteiger partial charge in [0, 0.05) is 44.5 Å². The van der Waals surface area contributed by atoms with Gasteiger partial charge in [0.15, 0.2) is 11.4 Å². The van der Waals surface area contributed by atoms with Gasteiger partial charge in [-0.25, -0.2) is 14.5 Å². The number of piperazine rings is 1. The summed E-state index contributed by atoms with van der Waals surface area (Å²) >= 11 is 0. The van der Waals surface area contributed by atoms with Gasteiger partial charge in [0.25, 0.3) is 0 Å². The predicted octanol–water partition coefficient (Wildman–Crippen LogP) is 2.02. The predicted molar refractivity (Wildman–Crippen MR) is 115 cm³/mol. The Morgan fingerprint density at radius 2 is 2.00 bits per heavy atom. The highest BCUT2D eigenvalue weighted by molar-refractivity contribution is 5.91. The van der Waals surface area contributed by atoms with Gasteiger partial charge in [-0.3, -0.25) is 0 Å². The number of pyridine rings is 1. The third-order valence-electron chi connectivity index (χ3n) is 5.34. The van der Waals surface area contributed by atoms with E-state index in [9.17, 15) is 0 Å². The van der Waals surface area contributed by atoms with Crippen LogP contribution in [0.4, 0.5) is 5.69 Å². The molecule has 0 radical (unpaired) electrons. The first kappa shape index (κ1) is 18.8.